The molecule has 0 bridgehead atoms. The Morgan fingerprint density at radius 2 is 0.500 bits per heavy atom. The second-order valence-corrected chi connectivity index (χ2v) is 6.68. The van der Waals surface area contributed by atoms with E-state index in [9.17, 15) is 0 Å². The number of hydrogen-bond donors (Lipinski definition) is 0. The quantitative estimate of drug-likeness (QED) is 0.228. The Labute approximate surface area is 212 Å². The molecule has 0 aromatic rings. The fourth-order valence-corrected chi connectivity index (χ4v) is 3.13. The molecule has 0 heterocycles. The molecular formula is C24H36Mo2O4+10. The maximum atomic E-state index is 7.75. The van der Waals surface area contributed by atoms with Crippen LogP contribution in [0.3, 0.4) is 0 Å². The van der Waals surface area contributed by atoms with Crippen LogP contribution in [0.4, 0.5) is 0 Å². The predicted molar refractivity (Wildman–Crippen MR) is 114 cm³/mol. The third kappa shape index (κ3) is 12.2. The van der Waals surface area contributed by atoms with E-state index in [1.54, 1.807) is 22.3 Å². The molecular weight excluding hydrogens is 544 g/mol. The van der Waals surface area contributed by atoms with Crippen LogP contribution in [0.5, 0.6) is 0 Å². The van der Waals surface area contributed by atoms with Gasteiger partial charge in [0.2, 0.25) is 0 Å². The fourth-order valence-electron chi connectivity index (χ4n) is 3.13. The summed E-state index contributed by atoms with van der Waals surface area (Å²) in [6, 6.07) is 0. The zero-order chi connectivity index (χ0) is 23.8. The van der Waals surface area contributed by atoms with Gasteiger partial charge in [-0.05, 0) is 89.5 Å². The molecule has 6 heteroatoms. The summed E-state index contributed by atoms with van der Waals surface area (Å²) in [4.78, 5) is 0. The van der Waals surface area contributed by atoms with Gasteiger partial charge in [0, 0.05) is 0 Å². The van der Waals surface area contributed by atoms with Crippen molar-refractivity contribution in [1.82, 2.24) is 0 Å². The number of hydrogen-bond acceptors (Lipinski definition) is 0. The summed E-state index contributed by atoms with van der Waals surface area (Å²) in [5, 5.41) is 0. The molecule has 0 saturated carbocycles. The Hall–Kier alpha value is -0.703. The van der Waals surface area contributed by atoms with Crippen LogP contribution in [-0.2, 0) is 60.7 Å². The van der Waals surface area contributed by atoms with Crippen LogP contribution in [0.25, 0.3) is 0 Å². The minimum atomic E-state index is 0. The second kappa shape index (κ2) is 24.6. The fraction of sp³-hybridized carbons (Fsp3) is 0.500. The smallest absolute Gasteiger partial charge is 0.0632 e. The first-order chi connectivity index (χ1) is 13.1. The van der Waals surface area contributed by atoms with Crippen molar-refractivity contribution in [3.8, 4) is 26.6 Å². The molecule has 4 nitrogen and oxygen atoms in total. The van der Waals surface area contributed by atoms with Crippen LogP contribution >= 0.6 is 0 Å². The maximum absolute atomic E-state index is 7.75. The Kier molecular flexibility index (Phi) is 35.4. The third-order valence-electron chi connectivity index (χ3n) is 6.09. The van der Waals surface area contributed by atoms with E-state index in [1.165, 1.54) is 22.3 Å². The summed E-state index contributed by atoms with van der Waals surface area (Å²) in [5.74, 6) is 1.39. The van der Waals surface area contributed by atoms with E-state index in [2.05, 4.69) is 95.8 Å². The molecule has 0 aromatic heterocycles. The molecule has 0 fully saturated rings. The number of rotatable bonds is 0. The summed E-state index contributed by atoms with van der Waals surface area (Å²) in [6.07, 6.45) is 0. The molecule has 0 aromatic carbocycles. The van der Waals surface area contributed by atoms with Crippen molar-refractivity contribution in [3.63, 3.8) is 0 Å². The number of allylic oxidation sites excluding steroid dienone is 8. The zero-order valence-corrected chi connectivity index (χ0v) is 23.9. The minimum Gasteiger partial charge on any atom is -0.0632 e. The van der Waals surface area contributed by atoms with Crippen LogP contribution in [0.1, 0.15) is 69.2 Å². The predicted octanol–water partition coefficient (Wildman–Crippen LogP) is 6.64. The molecule has 2 aliphatic carbocycles. The topological polar surface area (TPSA) is 79.6 Å². The van der Waals surface area contributed by atoms with Gasteiger partial charge in [-0.3, -0.25) is 0 Å². The average molecular weight is 580 g/mol. The van der Waals surface area contributed by atoms with Crippen molar-refractivity contribution in [1.29, 1.82) is 0 Å². The SMILES string of the molecule is C#[O+].C#[O+].C#[O+].C#[O+].CC1=C(C)C(C)C(C)=C1C.CC1=C(C)C(C)C(C)=C1C.[Mo+3].[Mo+3]. The molecule has 0 atom stereocenters. The van der Waals surface area contributed by atoms with Gasteiger partial charge in [0.25, 0.3) is 0 Å². The first-order valence-corrected chi connectivity index (χ1v) is 8.75. The molecule has 2 aliphatic rings. The molecule has 2 radical (unpaired) electrons. The van der Waals surface area contributed by atoms with E-state index >= 15 is 0 Å². The Morgan fingerprint density at radius 3 is 0.533 bits per heavy atom. The molecule has 0 spiro atoms. The van der Waals surface area contributed by atoms with Gasteiger partial charge < -0.3 is 0 Å². The molecule has 0 aliphatic heterocycles. The molecule has 0 saturated heterocycles. The molecule has 30 heavy (non-hydrogen) atoms. The van der Waals surface area contributed by atoms with Crippen LogP contribution in [-0.4, -0.2) is 0 Å². The molecule has 0 amide bonds. The Bertz CT molecular complexity index is 592. The van der Waals surface area contributed by atoms with Crippen molar-refractivity contribution in [2.24, 2.45) is 11.8 Å². The van der Waals surface area contributed by atoms with E-state index in [-0.39, 0.29) is 42.1 Å². The first kappa shape index (κ1) is 43.2. The van der Waals surface area contributed by atoms with Crippen molar-refractivity contribution in [2.75, 3.05) is 0 Å². The van der Waals surface area contributed by atoms with E-state index in [0.29, 0.717) is 11.8 Å². The van der Waals surface area contributed by atoms with E-state index in [1.807, 2.05) is 0 Å². The van der Waals surface area contributed by atoms with Crippen LogP contribution < -0.4 is 0 Å². The summed E-state index contributed by atoms with van der Waals surface area (Å²) in [7, 11) is 0. The monoisotopic (exact) mass is 584 g/mol. The standard InChI is InChI=1S/2C10H16.4CHO.2Mo/c2*1-6-7(2)9(4)10(5)8(6)3;4*1-2;;/h2*6H,1-5H3;4*1H;;/q;;4*+1;2*+3. The molecule has 0 N–H and O–H groups in total. The van der Waals surface area contributed by atoms with Crippen molar-refractivity contribution in [2.45, 2.75) is 69.2 Å². The Morgan fingerprint density at radius 1 is 0.400 bits per heavy atom. The summed E-state index contributed by atoms with van der Waals surface area (Å²) < 4.78 is 31.0. The zero-order valence-electron chi connectivity index (χ0n) is 19.9. The Balaban J connectivity index is -0.0000000686. The van der Waals surface area contributed by atoms with E-state index in [4.69, 9.17) is 18.6 Å². The normalized spacial score (nSPS) is 14.5. The molecule has 158 valence electrons. The minimum absolute atomic E-state index is 0. The van der Waals surface area contributed by atoms with Gasteiger partial charge in [-0.2, -0.15) is 0 Å². The van der Waals surface area contributed by atoms with Crippen LogP contribution in [0.2, 0.25) is 0 Å². The molecule has 2 rings (SSSR count). The van der Waals surface area contributed by atoms with Gasteiger partial charge in [0.1, 0.15) is 0 Å². The van der Waals surface area contributed by atoms with Gasteiger partial charge in [-0.1, -0.05) is 36.1 Å². The second-order valence-electron chi connectivity index (χ2n) is 6.68. The van der Waals surface area contributed by atoms with Crippen molar-refractivity contribution >= 4 is 0 Å². The van der Waals surface area contributed by atoms with Gasteiger partial charge in [0.15, 0.2) is 0 Å². The first-order valence-electron chi connectivity index (χ1n) is 8.75. The van der Waals surface area contributed by atoms with Gasteiger partial charge in [-0.15, -0.1) is 0 Å². The van der Waals surface area contributed by atoms with Gasteiger partial charge in [0.05, 0.1) is 0 Å². The van der Waals surface area contributed by atoms with Crippen molar-refractivity contribution < 1.29 is 60.7 Å². The summed E-state index contributed by atoms with van der Waals surface area (Å²) in [5.41, 5.74) is 12.2. The summed E-state index contributed by atoms with van der Waals surface area (Å²) >= 11 is 0. The van der Waals surface area contributed by atoms with Gasteiger partial charge in [-0.25, -0.2) is 0 Å². The van der Waals surface area contributed by atoms with Crippen molar-refractivity contribution in [3.05, 3.63) is 44.6 Å². The summed E-state index contributed by atoms with van der Waals surface area (Å²) in [6.45, 7) is 35.4. The maximum Gasteiger partial charge on any atom is 3.00 e. The van der Waals surface area contributed by atoms with E-state index in [0.717, 1.165) is 0 Å². The molecule has 0 unspecified atom stereocenters. The van der Waals surface area contributed by atoms with Crippen LogP contribution in [0.15, 0.2) is 44.6 Å². The van der Waals surface area contributed by atoms with Crippen LogP contribution in [0, 0.1) is 38.4 Å². The van der Waals surface area contributed by atoms with Gasteiger partial charge >= 0.3 is 87.3 Å². The van der Waals surface area contributed by atoms with E-state index < -0.39 is 0 Å². The largest absolute Gasteiger partial charge is 3.00 e. The average Bonchev–Trinajstić information content (AvgIpc) is 3.04. The third-order valence-corrected chi connectivity index (χ3v) is 6.09.